The maximum atomic E-state index is 10.1. The van der Waals surface area contributed by atoms with Crippen LogP contribution in [-0.2, 0) is 0 Å². The van der Waals surface area contributed by atoms with E-state index in [1.54, 1.807) is 6.92 Å². The molecule has 0 aliphatic rings. The summed E-state index contributed by atoms with van der Waals surface area (Å²) in [5.74, 6) is 0.756. The van der Waals surface area contributed by atoms with Crippen LogP contribution >= 0.6 is 0 Å². The first-order valence-corrected chi connectivity index (χ1v) is 6.62. The molecule has 19 heavy (non-hydrogen) atoms. The molecule has 0 saturated heterocycles. The Kier molecular flexibility index (Phi) is 4.23. The van der Waals surface area contributed by atoms with E-state index in [9.17, 15) is 5.11 Å². The SMILES string of the molecule is CC(C)Oc1cccc(-c2ccccc2)c1[C@H](C)O. The van der Waals surface area contributed by atoms with Crippen LogP contribution in [0.15, 0.2) is 48.5 Å². The first-order chi connectivity index (χ1) is 9.09. The minimum atomic E-state index is -0.565. The summed E-state index contributed by atoms with van der Waals surface area (Å²) in [5.41, 5.74) is 2.96. The van der Waals surface area contributed by atoms with Gasteiger partial charge in [0.1, 0.15) is 5.75 Å². The minimum Gasteiger partial charge on any atom is -0.491 e. The molecular formula is C17H20O2. The van der Waals surface area contributed by atoms with E-state index in [0.29, 0.717) is 0 Å². The molecule has 0 aromatic heterocycles. The van der Waals surface area contributed by atoms with E-state index in [0.717, 1.165) is 22.4 Å². The molecule has 2 aromatic carbocycles. The lowest BCUT2D eigenvalue weighted by molar-refractivity contribution is 0.183. The monoisotopic (exact) mass is 256 g/mol. The summed E-state index contributed by atoms with van der Waals surface area (Å²) in [6.45, 7) is 5.75. The average molecular weight is 256 g/mol. The molecule has 2 nitrogen and oxygen atoms in total. The third-order valence-corrected chi connectivity index (χ3v) is 2.93. The van der Waals surface area contributed by atoms with Crippen molar-refractivity contribution in [3.63, 3.8) is 0 Å². The van der Waals surface area contributed by atoms with Crippen LogP contribution < -0.4 is 4.74 Å². The molecule has 0 bridgehead atoms. The van der Waals surface area contributed by atoms with Gasteiger partial charge in [0.2, 0.25) is 0 Å². The van der Waals surface area contributed by atoms with E-state index in [2.05, 4.69) is 0 Å². The van der Waals surface area contributed by atoms with Crippen molar-refractivity contribution in [2.75, 3.05) is 0 Å². The van der Waals surface area contributed by atoms with Crippen molar-refractivity contribution in [3.8, 4) is 16.9 Å². The minimum absolute atomic E-state index is 0.0866. The van der Waals surface area contributed by atoms with Crippen molar-refractivity contribution >= 4 is 0 Å². The topological polar surface area (TPSA) is 29.5 Å². The summed E-state index contributed by atoms with van der Waals surface area (Å²) in [4.78, 5) is 0. The van der Waals surface area contributed by atoms with E-state index >= 15 is 0 Å². The Bertz CT molecular complexity index is 530. The van der Waals surface area contributed by atoms with Crippen LogP contribution in [0.5, 0.6) is 5.75 Å². The van der Waals surface area contributed by atoms with Crippen molar-refractivity contribution in [1.29, 1.82) is 0 Å². The molecule has 100 valence electrons. The Balaban J connectivity index is 2.55. The molecule has 1 atom stereocenters. The molecule has 0 amide bonds. The molecule has 2 rings (SSSR count). The Morgan fingerprint density at radius 1 is 0.895 bits per heavy atom. The van der Waals surface area contributed by atoms with Crippen LogP contribution in [0, 0.1) is 0 Å². The van der Waals surface area contributed by atoms with Crippen molar-refractivity contribution in [2.45, 2.75) is 33.0 Å². The zero-order valence-corrected chi connectivity index (χ0v) is 11.6. The van der Waals surface area contributed by atoms with E-state index in [1.165, 1.54) is 0 Å². The highest BCUT2D eigenvalue weighted by Gasteiger charge is 2.16. The van der Waals surface area contributed by atoms with Crippen molar-refractivity contribution in [3.05, 3.63) is 54.1 Å². The molecular weight excluding hydrogens is 236 g/mol. The van der Waals surface area contributed by atoms with E-state index < -0.39 is 6.10 Å². The van der Waals surface area contributed by atoms with Crippen LogP contribution in [0.2, 0.25) is 0 Å². The number of benzene rings is 2. The van der Waals surface area contributed by atoms with Gasteiger partial charge in [-0.15, -0.1) is 0 Å². The Morgan fingerprint density at radius 2 is 1.58 bits per heavy atom. The van der Waals surface area contributed by atoms with Gasteiger partial charge < -0.3 is 9.84 Å². The highest BCUT2D eigenvalue weighted by atomic mass is 16.5. The average Bonchev–Trinajstić information content (AvgIpc) is 2.38. The number of ether oxygens (including phenoxy) is 1. The summed E-state index contributed by atoms with van der Waals surface area (Å²) >= 11 is 0. The molecule has 2 aromatic rings. The molecule has 2 heteroatoms. The summed E-state index contributed by atoms with van der Waals surface area (Å²) in [7, 11) is 0. The second-order valence-corrected chi connectivity index (χ2v) is 4.93. The second kappa shape index (κ2) is 5.89. The smallest absolute Gasteiger partial charge is 0.126 e. The standard InChI is InChI=1S/C17H20O2/c1-12(2)19-16-11-7-10-15(17(16)13(3)18)14-8-5-4-6-9-14/h4-13,18H,1-3H3/t13-/m0/s1. The maximum absolute atomic E-state index is 10.1. The molecule has 0 radical (unpaired) electrons. The second-order valence-electron chi connectivity index (χ2n) is 4.93. The van der Waals surface area contributed by atoms with Crippen molar-refractivity contribution in [1.82, 2.24) is 0 Å². The summed E-state index contributed by atoms with van der Waals surface area (Å²) in [6.07, 6.45) is -0.478. The fourth-order valence-corrected chi connectivity index (χ4v) is 2.20. The van der Waals surface area contributed by atoms with Gasteiger partial charge in [-0.25, -0.2) is 0 Å². The number of aliphatic hydroxyl groups excluding tert-OH is 1. The molecule has 0 fully saturated rings. The van der Waals surface area contributed by atoms with Gasteiger partial charge >= 0.3 is 0 Å². The quantitative estimate of drug-likeness (QED) is 0.888. The molecule has 0 unspecified atom stereocenters. The lowest BCUT2D eigenvalue weighted by Crippen LogP contribution is -2.09. The van der Waals surface area contributed by atoms with Crippen LogP contribution in [-0.4, -0.2) is 11.2 Å². The van der Waals surface area contributed by atoms with E-state index in [-0.39, 0.29) is 6.10 Å². The third kappa shape index (κ3) is 3.15. The van der Waals surface area contributed by atoms with Gasteiger partial charge in [-0.3, -0.25) is 0 Å². The summed E-state index contributed by atoms with van der Waals surface area (Å²) < 4.78 is 5.81. The Labute approximate surface area is 114 Å². The first-order valence-electron chi connectivity index (χ1n) is 6.62. The zero-order chi connectivity index (χ0) is 13.8. The molecule has 0 heterocycles. The third-order valence-electron chi connectivity index (χ3n) is 2.93. The molecule has 1 N–H and O–H groups in total. The van der Waals surface area contributed by atoms with Gasteiger partial charge in [0, 0.05) is 5.56 Å². The van der Waals surface area contributed by atoms with Crippen molar-refractivity contribution in [2.24, 2.45) is 0 Å². The van der Waals surface area contributed by atoms with Gasteiger partial charge in [-0.1, -0.05) is 42.5 Å². The highest BCUT2D eigenvalue weighted by Crippen LogP contribution is 2.35. The van der Waals surface area contributed by atoms with Gasteiger partial charge in [0.05, 0.1) is 12.2 Å². The number of hydrogen-bond donors (Lipinski definition) is 1. The summed E-state index contributed by atoms with van der Waals surface area (Å²) in [5, 5.41) is 10.1. The summed E-state index contributed by atoms with van der Waals surface area (Å²) in [6, 6.07) is 16.0. The highest BCUT2D eigenvalue weighted by molar-refractivity contribution is 5.70. The molecule has 0 saturated carbocycles. The lowest BCUT2D eigenvalue weighted by atomic mass is 9.96. The lowest BCUT2D eigenvalue weighted by Gasteiger charge is -2.19. The van der Waals surface area contributed by atoms with Gasteiger partial charge in [0.15, 0.2) is 0 Å². The number of aliphatic hydroxyl groups is 1. The largest absolute Gasteiger partial charge is 0.491 e. The molecule has 0 aliphatic carbocycles. The Hall–Kier alpha value is -1.80. The maximum Gasteiger partial charge on any atom is 0.126 e. The van der Waals surface area contributed by atoms with Gasteiger partial charge in [-0.05, 0) is 38.0 Å². The fourth-order valence-electron chi connectivity index (χ4n) is 2.20. The normalized spacial score (nSPS) is 12.5. The zero-order valence-electron chi connectivity index (χ0n) is 11.6. The predicted octanol–water partition coefficient (Wildman–Crippen LogP) is 4.19. The molecule has 0 spiro atoms. The van der Waals surface area contributed by atoms with Crippen LogP contribution in [0.3, 0.4) is 0 Å². The van der Waals surface area contributed by atoms with Crippen LogP contribution in [0.1, 0.15) is 32.4 Å². The van der Waals surface area contributed by atoms with Crippen LogP contribution in [0.4, 0.5) is 0 Å². The number of rotatable bonds is 4. The van der Waals surface area contributed by atoms with Crippen molar-refractivity contribution < 1.29 is 9.84 Å². The predicted molar refractivity (Wildman–Crippen MR) is 78.3 cm³/mol. The number of hydrogen-bond acceptors (Lipinski definition) is 2. The molecule has 0 aliphatic heterocycles. The van der Waals surface area contributed by atoms with E-state index in [1.807, 2.05) is 62.4 Å². The Morgan fingerprint density at radius 3 is 2.16 bits per heavy atom. The van der Waals surface area contributed by atoms with Gasteiger partial charge in [0.25, 0.3) is 0 Å². The fraction of sp³-hybridized carbons (Fsp3) is 0.294. The van der Waals surface area contributed by atoms with E-state index in [4.69, 9.17) is 4.74 Å². The first kappa shape index (κ1) is 13.6. The van der Waals surface area contributed by atoms with Crippen LogP contribution in [0.25, 0.3) is 11.1 Å². The van der Waals surface area contributed by atoms with Gasteiger partial charge in [-0.2, -0.15) is 0 Å².